The largest absolute Gasteiger partial charge is 0.491 e. The third-order valence-electron chi connectivity index (χ3n) is 3.38. The molecule has 21 heavy (non-hydrogen) atoms. The van der Waals surface area contributed by atoms with E-state index in [4.69, 9.17) is 4.65 Å². The Balaban J connectivity index is 1.83. The van der Waals surface area contributed by atoms with Crippen LogP contribution in [0.2, 0.25) is 0 Å². The average Bonchev–Trinajstić information content (AvgIpc) is 2.86. The minimum atomic E-state index is -0.838. The molecule has 104 valence electrons. The van der Waals surface area contributed by atoms with Crippen LogP contribution >= 0.6 is 0 Å². The summed E-state index contributed by atoms with van der Waals surface area (Å²) < 4.78 is 5.14. The van der Waals surface area contributed by atoms with Gasteiger partial charge in [0, 0.05) is 12.1 Å². The maximum atomic E-state index is 10.7. The van der Waals surface area contributed by atoms with Crippen LogP contribution in [0, 0.1) is 10.1 Å². The molecule has 2 aromatic rings. The van der Waals surface area contributed by atoms with Crippen LogP contribution in [-0.4, -0.2) is 17.1 Å². The quantitative estimate of drug-likeness (QED) is 0.404. The summed E-state index contributed by atoms with van der Waals surface area (Å²) in [6.45, 7) is 0.398. The van der Waals surface area contributed by atoms with Crippen LogP contribution < -0.4 is 5.46 Å². The van der Waals surface area contributed by atoms with Crippen LogP contribution in [-0.2, 0) is 11.3 Å². The van der Waals surface area contributed by atoms with E-state index in [2.05, 4.69) is 0 Å². The average molecular weight is 281 g/mol. The van der Waals surface area contributed by atoms with Gasteiger partial charge in [0.05, 0.1) is 11.5 Å². The van der Waals surface area contributed by atoms with Gasteiger partial charge in [-0.15, -0.1) is 0 Å². The summed E-state index contributed by atoms with van der Waals surface area (Å²) in [6, 6.07) is 12.1. The van der Waals surface area contributed by atoms with Crippen LogP contribution in [0.15, 0.2) is 42.5 Å². The Kier molecular flexibility index (Phi) is 3.56. The molecule has 5 nitrogen and oxygen atoms in total. The zero-order valence-electron chi connectivity index (χ0n) is 11.1. The van der Waals surface area contributed by atoms with Crippen molar-refractivity contribution in [3.05, 3.63) is 69.3 Å². The molecule has 0 fully saturated rings. The van der Waals surface area contributed by atoms with Gasteiger partial charge in [-0.3, -0.25) is 10.1 Å². The van der Waals surface area contributed by atoms with Gasteiger partial charge in [-0.1, -0.05) is 36.4 Å². The number of hydrogen-bond donors (Lipinski definition) is 1. The number of nitrogens with zero attached hydrogens (tertiary/aromatic N) is 1. The van der Waals surface area contributed by atoms with E-state index in [0.29, 0.717) is 6.61 Å². The first-order chi connectivity index (χ1) is 10.1. The first-order valence-electron chi connectivity index (χ1n) is 6.48. The molecule has 0 spiro atoms. The highest BCUT2D eigenvalue weighted by Crippen LogP contribution is 2.17. The summed E-state index contributed by atoms with van der Waals surface area (Å²) in [7, 11) is -0.838. The lowest BCUT2D eigenvalue weighted by molar-refractivity contribution is -0.384. The monoisotopic (exact) mass is 281 g/mol. The van der Waals surface area contributed by atoms with Gasteiger partial charge >= 0.3 is 7.12 Å². The molecule has 0 atom stereocenters. The summed E-state index contributed by atoms with van der Waals surface area (Å²) in [5.41, 5.74) is 3.55. The van der Waals surface area contributed by atoms with Crippen molar-refractivity contribution in [1.29, 1.82) is 0 Å². The molecule has 0 amide bonds. The first kappa shape index (κ1) is 13.5. The Morgan fingerprint density at radius 2 is 1.95 bits per heavy atom. The van der Waals surface area contributed by atoms with Gasteiger partial charge in [0.2, 0.25) is 0 Å². The molecule has 0 aliphatic carbocycles. The number of nitro benzene ring substituents is 1. The molecule has 0 unspecified atom stereocenters. The smallest absolute Gasteiger partial charge is 0.423 e. The van der Waals surface area contributed by atoms with Crippen molar-refractivity contribution in [3.8, 4) is 0 Å². The second-order valence-corrected chi connectivity index (χ2v) is 4.81. The van der Waals surface area contributed by atoms with E-state index >= 15 is 0 Å². The van der Waals surface area contributed by atoms with Gasteiger partial charge in [-0.25, -0.2) is 0 Å². The number of non-ortho nitro benzene ring substituents is 1. The molecule has 3 rings (SSSR count). The van der Waals surface area contributed by atoms with Crippen LogP contribution in [0.1, 0.15) is 16.7 Å². The Hall–Kier alpha value is -2.44. The maximum absolute atomic E-state index is 10.7. The van der Waals surface area contributed by atoms with Gasteiger partial charge < -0.3 is 9.68 Å². The summed E-state index contributed by atoms with van der Waals surface area (Å²) in [5.74, 6) is 0. The van der Waals surface area contributed by atoms with E-state index < -0.39 is 12.0 Å². The summed E-state index contributed by atoms with van der Waals surface area (Å²) in [4.78, 5) is 10.3. The fourth-order valence-electron chi connectivity index (χ4n) is 2.29. The van der Waals surface area contributed by atoms with Crippen molar-refractivity contribution >= 4 is 30.4 Å². The highest BCUT2D eigenvalue weighted by Gasteiger charge is 2.26. The molecule has 1 N–H and O–H groups in total. The topological polar surface area (TPSA) is 72.6 Å². The van der Waals surface area contributed by atoms with Crippen molar-refractivity contribution in [1.82, 2.24) is 0 Å². The van der Waals surface area contributed by atoms with E-state index in [1.165, 1.54) is 12.1 Å². The van der Waals surface area contributed by atoms with Crippen LogP contribution in [0.3, 0.4) is 0 Å². The number of benzene rings is 2. The van der Waals surface area contributed by atoms with E-state index in [-0.39, 0.29) is 5.69 Å². The second-order valence-electron chi connectivity index (χ2n) is 4.81. The summed E-state index contributed by atoms with van der Waals surface area (Å²) in [5, 5.41) is 20.3. The fraction of sp³-hybridized carbons (Fsp3) is 0.0667. The number of fused-ring (bicyclic) bond motifs is 1. The van der Waals surface area contributed by atoms with Crippen LogP contribution in [0.4, 0.5) is 5.69 Å². The van der Waals surface area contributed by atoms with Gasteiger partial charge in [0.1, 0.15) is 0 Å². The van der Waals surface area contributed by atoms with Crippen LogP contribution in [0.25, 0.3) is 12.2 Å². The minimum absolute atomic E-state index is 0.0719. The van der Waals surface area contributed by atoms with Crippen molar-refractivity contribution in [2.75, 3.05) is 0 Å². The Bertz CT molecular complexity index is 729. The SMILES string of the molecule is O=[N+]([O-])c1cccc(/C=C/c2ccc3c(c2)COB3O)c1. The van der Waals surface area contributed by atoms with E-state index in [0.717, 1.165) is 22.2 Å². The number of nitro groups is 1. The van der Waals surface area contributed by atoms with Gasteiger partial charge in [0.25, 0.3) is 5.69 Å². The van der Waals surface area contributed by atoms with E-state index in [1.807, 2.05) is 36.4 Å². The van der Waals surface area contributed by atoms with E-state index in [9.17, 15) is 15.1 Å². The molecule has 1 aliphatic rings. The van der Waals surface area contributed by atoms with Crippen molar-refractivity contribution in [2.24, 2.45) is 0 Å². The number of hydrogen-bond acceptors (Lipinski definition) is 4. The van der Waals surface area contributed by atoms with Crippen LogP contribution in [0.5, 0.6) is 0 Å². The zero-order valence-corrected chi connectivity index (χ0v) is 11.1. The maximum Gasteiger partial charge on any atom is 0.491 e. The highest BCUT2D eigenvalue weighted by molar-refractivity contribution is 6.61. The van der Waals surface area contributed by atoms with Gasteiger partial charge in [0.15, 0.2) is 0 Å². The third kappa shape index (κ3) is 2.86. The van der Waals surface area contributed by atoms with Crippen molar-refractivity contribution in [2.45, 2.75) is 6.61 Å². The second kappa shape index (κ2) is 5.51. The Morgan fingerprint density at radius 3 is 2.71 bits per heavy atom. The molecule has 0 radical (unpaired) electrons. The summed E-state index contributed by atoms with van der Waals surface area (Å²) in [6.07, 6.45) is 3.70. The van der Waals surface area contributed by atoms with Crippen molar-refractivity contribution in [3.63, 3.8) is 0 Å². The molecule has 1 heterocycles. The Labute approximate surface area is 121 Å². The lowest BCUT2D eigenvalue weighted by Gasteiger charge is -2.00. The fourth-order valence-corrected chi connectivity index (χ4v) is 2.29. The number of rotatable bonds is 3. The minimum Gasteiger partial charge on any atom is -0.423 e. The molecule has 0 bridgehead atoms. The molecular formula is C15H12BNO4. The molecule has 0 saturated carbocycles. The first-order valence-corrected chi connectivity index (χ1v) is 6.48. The molecule has 1 aliphatic heterocycles. The normalized spacial score (nSPS) is 13.7. The molecule has 6 heteroatoms. The molecule has 2 aromatic carbocycles. The predicted molar refractivity (Wildman–Crippen MR) is 80.9 cm³/mol. The Morgan fingerprint density at radius 1 is 1.19 bits per heavy atom. The van der Waals surface area contributed by atoms with E-state index in [1.54, 1.807) is 6.07 Å². The zero-order chi connectivity index (χ0) is 14.8. The molecule has 0 saturated heterocycles. The van der Waals surface area contributed by atoms with Gasteiger partial charge in [-0.05, 0) is 28.2 Å². The lowest BCUT2D eigenvalue weighted by atomic mass is 9.79. The van der Waals surface area contributed by atoms with Crippen molar-refractivity contribution < 1.29 is 14.6 Å². The summed E-state index contributed by atoms with van der Waals surface area (Å²) >= 11 is 0. The standard InChI is InChI=1S/C15H12BNO4/c18-16-15-7-6-12(8-13(15)10-21-16)5-4-11-2-1-3-14(9-11)17(19)20/h1-9,18H,10H2/b5-4+. The van der Waals surface area contributed by atoms with Gasteiger partial charge in [-0.2, -0.15) is 0 Å². The highest BCUT2D eigenvalue weighted by atomic mass is 16.6. The predicted octanol–water partition coefficient (Wildman–Crippen LogP) is 1.98. The third-order valence-corrected chi connectivity index (χ3v) is 3.38. The molecule has 0 aromatic heterocycles. The lowest BCUT2D eigenvalue weighted by Crippen LogP contribution is -2.27. The molecular weight excluding hydrogens is 269 g/mol.